The van der Waals surface area contributed by atoms with Crippen LogP contribution in [0.4, 0.5) is 10.2 Å². The van der Waals surface area contributed by atoms with Gasteiger partial charge in [-0.15, -0.1) is 0 Å². The zero-order chi connectivity index (χ0) is 15.6. The molecule has 0 unspecified atom stereocenters. The third-order valence-electron chi connectivity index (χ3n) is 2.88. The van der Waals surface area contributed by atoms with Crippen molar-refractivity contribution in [3.05, 3.63) is 53.0 Å². The first-order valence-corrected chi connectivity index (χ1v) is 7.77. The van der Waals surface area contributed by atoms with Crippen LogP contribution < -0.4 is 10.5 Å². The molecule has 2 rings (SSSR count). The molecule has 7 heteroatoms. The molecule has 0 aliphatic carbocycles. The predicted molar refractivity (Wildman–Crippen MR) is 78.8 cm³/mol. The average molecular weight is 309 g/mol. The van der Waals surface area contributed by atoms with Crippen LogP contribution >= 0.6 is 0 Å². The van der Waals surface area contributed by atoms with E-state index in [2.05, 4.69) is 9.71 Å². The van der Waals surface area contributed by atoms with Crippen LogP contribution in [0.5, 0.6) is 0 Å². The van der Waals surface area contributed by atoms with Crippen molar-refractivity contribution in [1.29, 1.82) is 0 Å². The molecule has 0 saturated carbocycles. The highest BCUT2D eigenvalue weighted by Crippen LogP contribution is 2.18. The molecule has 112 valence electrons. The van der Waals surface area contributed by atoms with E-state index in [0.29, 0.717) is 5.69 Å². The predicted octanol–water partition coefficient (Wildman–Crippen LogP) is 2.10. The topological polar surface area (TPSA) is 85.1 Å². The third-order valence-corrected chi connectivity index (χ3v) is 4.24. The van der Waals surface area contributed by atoms with E-state index in [1.165, 1.54) is 12.1 Å². The van der Waals surface area contributed by atoms with Gasteiger partial charge in [0.05, 0.1) is 4.90 Å². The van der Waals surface area contributed by atoms with E-state index in [1.807, 2.05) is 13.0 Å². The molecule has 1 aromatic carbocycles. The Hall–Kier alpha value is -1.99. The lowest BCUT2D eigenvalue weighted by molar-refractivity contribution is 0.596. The number of hydrogen-bond acceptors (Lipinski definition) is 4. The number of pyridine rings is 1. The third kappa shape index (κ3) is 3.56. The van der Waals surface area contributed by atoms with Crippen LogP contribution in [-0.2, 0) is 16.6 Å². The van der Waals surface area contributed by atoms with Gasteiger partial charge in [0.25, 0.3) is 10.0 Å². The second-order valence-electron chi connectivity index (χ2n) is 4.73. The summed E-state index contributed by atoms with van der Waals surface area (Å²) < 4.78 is 40.3. The van der Waals surface area contributed by atoms with E-state index < -0.39 is 15.8 Å². The molecular formula is C14H16FN3O2S. The number of sulfonamides is 1. The Morgan fingerprint density at radius 2 is 1.95 bits per heavy atom. The number of nitrogens with one attached hydrogen (secondary N) is 1. The summed E-state index contributed by atoms with van der Waals surface area (Å²) in [5.41, 5.74) is 7.13. The Morgan fingerprint density at radius 1 is 1.24 bits per heavy atom. The van der Waals surface area contributed by atoms with Gasteiger partial charge in [0.2, 0.25) is 0 Å². The molecule has 0 bridgehead atoms. The number of anilines is 1. The van der Waals surface area contributed by atoms with Crippen molar-refractivity contribution >= 4 is 15.8 Å². The van der Waals surface area contributed by atoms with E-state index in [4.69, 9.17) is 5.73 Å². The van der Waals surface area contributed by atoms with Gasteiger partial charge < -0.3 is 5.73 Å². The van der Waals surface area contributed by atoms with E-state index in [1.54, 1.807) is 13.0 Å². The minimum absolute atomic E-state index is 0.0506. The summed E-state index contributed by atoms with van der Waals surface area (Å²) in [6.45, 7) is 3.54. The molecule has 2 aromatic rings. The summed E-state index contributed by atoms with van der Waals surface area (Å²) >= 11 is 0. The maximum Gasteiger partial charge on any atom is 0.263 e. The number of halogens is 1. The smallest absolute Gasteiger partial charge is 0.263 e. The number of nitrogens with zero attached hydrogens (tertiary/aromatic N) is 1. The van der Waals surface area contributed by atoms with Crippen LogP contribution in [0, 0.1) is 19.7 Å². The zero-order valence-electron chi connectivity index (χ0n) is 11.7. The van der Waals surface area contributed by atoms with Gasteiger partial charge in [0.15, 0.2) is 0 Å². The molecule has 5 nitrogen and oxygen atoms in total. The first-order valence-electron chi connectivity index (χ1n) is 6.28. The fraction of sp³-hybridized carbons (Fsp3) is 0.214. The van der Waals surface area contributed by atoms with Crippen LogP contribution in [0.25, 0.3) is 0 Å². The standard InChI is InChI=1S/C14H16FN3O2S/c1-9-5-10(2)17-14(6-9)18-21(19,20)12-3-4-13(15)11(7-12)8-16/h3-7H,8,16H2,1-2H3,(H,17,18). The Bertz CT molecular complexity index is 756. The van der Waals surface area contributed by atoms with Gasteiger partial charge in [-0.25, -0.2) is 17.8 Å². The van der Waals surface area contributed by atoms with Crippen molar-refractivity contribution in [3.8, 4) is 0 Å². The maximum absolute atomic E-state index is 13.4. The second kappa shape index (κ2) is 5.79. The number of hydrogen-bond donors (Lipinski definition) is 2. The molecule has 21 heavy (non-hydrogen) atoms. The summed E-state index contributed by atoms with van der Waals surface area (Å²) in [6, 6.07) is 6.96. The number of nitrogens with two attached hydrogens (primary N) is 1. The van der Waals surface area contributed by atoms with Gasteiger partial charge in [-0.2, -0.15) is 0 Å². The van der Waals surface area contributed by atoms with E-state index in [0.717, 1.165) is 11.6 Å². The number of aromatic nitrogens is 1. The highest BCUT2D eigenvalue weighted by Gasteiger charge is 2.17. The molecule has 1 heterocycles. The average Bonchev–Trinajstić information content (AvgIpc) is 2.37. The normalized spacial score (nSPS) is 11.4. The number of aryl methyl sites for hydroxylation is 2. The first-order chi connectivity index (χ1) is 9.81. The monoisotopic (exact) mass is 309 g/mol. The molecule has 0 aliphatic rings. The molecule has 0 fully saturated rings. The van der Waals surface area contributed by atoms with Gasteiger partial charge in [-0.05, 0) is 49.7 Å². The Balaban J connectivity index is 2.38. The van der Waals surface area contributed by atoms with Crippen molar-refractivity contribution in [1.82, 2.24) is 4.98 Å². The lowest BCUT2D eigenvalue weighted by atomic mass is 10.2. The lowest BCUT2D eigenvalue weighted by Gasteiger charge is -2.10. The van der Waals surface area contributed by atoms with Crippen molar-refractivity contribution < 1.29 is 12.8 Å². The Labute approximate surface area is 123 Å². The van der Waals surface area contributed by atoms with E-state index in [-0.39, 0.29) is 22.8 Å². The van der Waals surface area contributed by atoms with Gasteiger partial charge >= 0.3 is 0 Å². The number of benzene rings is 1. The van der Waals surface area contributed by atoms with Gasteiger partial charge in [0, 0.05) is 17.8 Å². The van der Waals surface area contributed by atoms with E-state index in [9.17, 15) is 12.8 Å². The molecule has 3 N–H and O–H groups in total. The van der Waals surface area contributed by atoms with Crippen LogP contribution in [-0.4, -0.2) is 13.4 Å². The maximum atomic E-state index is 13.4. The minimum atomic E-state index is -3.83. The van der Waals surface area contributed by atoms with Crippen molar-refractivity contribution in [2.75, 3.05) is 4.72 Å². The van der Waals surface area contributed by atoms with Gasteiger partial charge in [0.1, 0.15) is 11.6 Å². The molecule has 0 radical (unpaired) electrons. The highest BCUT2D eigenvalue weighted by atomic mass is 32.2. The molecule has 1 aromatic heterocycles. The zero-order valence-corrected chi connectivity index (χ0v) is 12.5. The van der Waals surface area contributed by atoms with Gasteiger partial charge in [-0.1, -0.05) is 0 Å². The molecular weight excluding hydrogens is 293 g/mol. The molecule has 0 aliphatic heterocycles. The molecule has 0 saturated heterocycles. The van der Waals surface area contributed by atoms with Crippen LogP contribution in [0.3, 0.4) is 0 Å². The SMILES string of the molecule is Cc1cc(C)nc(NS(=O)(=O)c2ccc(F)c(CN)c2)c1. The summed E-state index contributed by atoms with van der Waals surface area (Å²) in [4.78, 5) is 4.07. The summed E-state index contributed by atoms with van der Waals surface area (Å²) in [6.07, 6.45) is 0. The van der Waals surface area contributed by atoms with Gasteiger partial charge in [-0.3, -0.25) is 4.72 Å². The second-order valence-corrected chi connectivity index (χ2v) is 6.42. The van der Waals surface area contributed by atoms with Crippen molar-refractivity contribution in [3.63, 3.8) is 0 Å². The summed E-state index contributed by atoms with van der Waals surface area (Å²) in [7, 11) is -3.83. The van der Waals surface area contributed by atoms with Crippen molar-refractivity contribution in [2.45, 2.75) is 25.3 Å². The van der Waals surface area contributed by atoms with E-state index >= 15 is 0 Å². The van der Waals surface area contributed by atoms with Crippen molar-refractivity contribution in [2.24, 2.45) is 5.73 Å². The summed E-state index contributed by atoms with van der Waals surface area (Å²) in [5.74, 6) is -0.299. The fourth-order valence-corrected chi connectivity index (χ4v) is 3.01. The minimum Gasteiger partial charge on any atom is -0.326 e. The number of rotatable bonds is 4. The molecule has 0 amide bonds. The van der Waals surface area contributed by atoms with Crippen LogP contribution in [0.1, 0.15) is 16.8 Å². The Kier molecular flexibility index (Phi) is 4.24. The molecule has 0 atom stereocenters. The summed E-state index contributed by atoms with van der Waals surface area (Å²) in [5, 5.41) is 0. The fourth-order valence-electron chi connectivity index (χ4n) is 1.96. The molecule has 0 spiro atoms. The largest absolute Gasteiger partial charge is 0.326 e. The first kappa shape index (κ1) is 15.4. The lowest BCUT2D eigenvalue weighted by Crippen LogP contribution is -2.15. The van der Waals surface area contributed by atoms with Crippen LogP contribution in [0.15, 0.2) is 35.2 Å². The quantitative estimate of drug-likeness (QED) is 0.905. The highest BCUT2D eigenvalue weighted by molar-refractivity contribution is 7.92. The Morgan fingerprint density at radius 3 is 2.57 bits per heavy atom. The van der Waals surface area contributed by atoms with Crippen LogP contribution in [0.2, 0.25) is 0 Å².